The number of hydrogen-bond donors (Lipinski definition) is 1. The maximum atomic E-state index is 13.0. The molecule has 0 unspecified atom stereocenters. The summed E-state index contributed by atoms with van der Waals surface area (Å²) >= 11 is 1.46. The largest absolute Gasteiger partial charge is 0.494 e. The molecule has 1 aromatic rings. The molecule has 0 aliphatic heterocycles. The number of nitrogen functional groups attached to an aromatic ring is 1. The van der Waals surface area contributed by atoms with Crippen LogP contribution in [0.5, 0.6) is 5.75 Å². The van der Waals surface area contributed by atoms with Crippen LogP contribution in [0.25, 0.3) is 0 Å². The molecule has 0 atom stereocenters. The zero-order chi connectivity index (χ0) is 9.14. The number of halogens is 1. The van der Waals surface area contributed by atoms with E-state index >= 15 is 0 Å². The Labute approximate surface area is 74.9 Å². The Kier molecular flexibility index (Phi) is 2.81. The molecule has 0 heterocycles. The van der Waals surface area contributed by atoms with E-state index in [2.05, 4.69) is 0 Å². The first-order valence-electron chi connectivity index (χ1n) is 3.36. The van der Waals surface area contributed by atoms with Crippen molar-refractivity contribution in [2.75, 3.05) is 19.1 Å². The van der Waals surface area contributed by atoms with Crippen molar-refractivity contribution in [3.63, 3.8) is 0 Å². The van der Waals surface area contributed by atoms with E-state index < -0.39 is 5.82 Å². The van der Waals surface area contributed by atoms with E-state index in [1.807, 2.05) is 6.26 Å². The molecule has 0 aliphatic rings. The summed E-state index contributed by atoms with van der Waals surface area (Å²) in [6.07, 6.45) is 1.88. The van der Waals surface area contributed by atoms with Gasteiger partial charge in [-0.1, -0.05) is 0 Å². The third-order valence-corrected chi connectivity index (χ3v) is 2.30. The molecule has 0 bridgehead atoms. The second kappa shape index (κ2) is 3.67. The number of benzene rings is 1. The Morgan fingerprint density at radius 1 is 1.50 bits per heavy atom. The van der Waals surface area contributed by atoms with Gasteiger partial charge >= 0.3 is 0 Å². The van der Waals surface area contributed by atoms with Crippen molar-refractivity contribution >= 4 is 17.4 Å². The number of hydrogen-bond acceptors (Lipinski definition) is 3. The summed E-state index contributed by atoms with van der Waals surface area (Å²) in [4.78, 5) is 0.827. The van der Waals surface area contributed by atoms with Gasteiger partial charge in [0.15, 0.2) is 11.6 Å². The normalized spacial score (nSPS) is 9.92. The Hall–Kier alpha value is -0.900. The lowest BCUT2D eigenvalue weighted by atomic mass is 10.3. The number of thioether (sulfide) groups is 1. The van der Waals surface area contributed by atoms with Gasteiger partial charge in [-0.3, -0.25) is 0 Å². The van der Waals surface area contributed by atoms with Gasteiger partial charge < -0.3 is 10.5 Å². The molecule has 12 heavy (non-hydrogen) atoms. The van der Waals surface area contributed by atoms with Crippen molar-refractivity contribution in [1.29, 1.82) is 0 Å². The maximum absolute atomic E-state index is 13.0. The van der Waals surface area contributed by atoms with Crippen LogP contribution in [0.1, 0.15) is 0 Å². The molecule has 0 amide bonds. The van der Waals surface area contributed by atoms with Crippen molar-refractivity contribution in [3.05, 3.63) is 17.9 Å². The Bertz CT molecular complexity index is 265. The second-order valence-corrected chi connectivity index (χ2v) is 3.08. The van der Waals surface area contributed by atoms with E-state index in [1.165, 1.54) is 24.9 Å². The van der Waals surface area contributed by atoms with E-state index in [0.717, 1.165) is 4.90 Å². The summed E-state index contributed by atoms with van der Waals surface area (Å²) in [7, 11) is 1.43. The fourth-order valence-corrected chi connectivity index (χ4v) is 1.40. The van der Waals surface area contributed by atoms with Crippen molar-refractivity contribution < 1.29 is 9.13 Å². The number of nitrogens with two attached hydrogens (primary N) is 1. The van der Waals surface area contributed by atoms with Crippen LogP contribution < -0.4 is 10.5 Å². The van der Waals surface area contributed by atoms with E-state index in [-0.39, 0.29) is 5.75 Å². The average molecular weight is 187 g/mol. The van der Waals surface area contributed by atoms with Crippen molar-refractivity contribution in [1.82, 2.24) is 0 Å². The van der Waals surface area contributed by atoms with Gasteiger partial charge in [0.25, 0.3) is 0 Å². The topological polar surface area (TPSA) is 35.2 Å². The fourth-order valence-electron chi connectivity index (χ4n) is 0.883. The molecule has 0 aliphatic carbocycles. The standard InChI is InChI=1S/C8H10FNOS/c1-11-7-4-8(12-2)6(10)3-5(7)9/h3-4H,10H2,1-2H3. The van der Waals surface area contributed by atoms with Crippen molar-refractivity contribution in [2.45, 2.75) is 4.90 Å². The molecule has 0 saturated carbocycles. The molecule has 1 aromatic carbocycles. The van der Waals surface area contributed by atoms with Gasteiger partial charge in [0.1, 0.15) is 0 Å². The van der Waals surface area contributed by atoms with Crippen LogP contribution in [0.15, 0.2) is 17.0 Å². The minimum absolute atomic E-state index is 0.230. The van der Waals surface area contributed by atoms with Gasteiger partial charge in [-0.05, 0) is 12.3 Å². The summed E-state index contributed by atoms with van der Waals surface area (Å²) in [6, 6.07) is 2.86. The van der Waals surface area contributed by atoms with E-state index in [1.54, 1.807) is 6.07 Å². The molecule has 1 rings (SSSR count). The summed E-state index contributed by atoms with van der Waals surface area (Å²) in [5.74, 6) is -0.193. The van der Waals surface area contributed by atoms with E-state index in [9.17, 15) is 4.39 Å². The quantitative estimate of drug-likeness (QED) is 0.569. The Balaban J connectivity index is 3.18. The number of ether oxygens (including phenoxy) is 1. The molecule has 0 radical (unpaired) electrons. The molecular weight excluding hydrogens is 177 g/mol. The minimum atomic E-state index is -0.423. The van der Waals surface area contributed by atoms with Gasteiger partial charge in [0.05, 0.1) is 7.11 Å². The summed E-state index contributed by atoms with van der Waals surface area (Å²) in [5, 5.41) is 0. The number of methoxy groups -OCH3 is 1. The third kappa shape index (κ3) is 1.64. The molecule has 2 N–H and O–H groups in total. The predicted molar refractivity (Wildman–Crippen MR) is 49.1 cm³/mol. The van der Waals surface area contributed by atoms with Crippen LogP contribution in [0.4, 0.5) is 10.1 Å². The fraction of sp³-hybridized carbons (Fsp3) is 0.250. The van der Waals surface area contributed by atoms with E-state index in [0.29, 0.717) is 5.69 Å². The highest BCUT2D eigenvalue weighted by molar-refractivity contribution is 7.98. The average Bonchev–Trinajstić information content (AvgIpc) is 2.05. The molecule has 0 fully saturated rings. The third-order valence-electron chi connectivity index (χ3n) is 1.50. The second-order valence-electron chi connectivity index (χ2n) is 2.23. The highest BCUT2D eigenvalue weighted by Gasteiger charge is 2.06. The van der Waals surface area contributed by atoms with Crippen LogP contribution in [-0.2, 0) is 0 Å². The first-order valence-corrected chi connectivity index (χ1v) is 4.58. The van der Waals surface area contributed by atoms with Gasteiger partial charge in [-0.25, -0.2) is 4.39 Å². The molecule has 66 valence electrons. The van der Waals surface area contributed by atoms with Crippen LogP contribution in [0.2, 0.25) is 0 Å². The molecule has 4 heteroatoms. The number of anilines is 1. The first-order chi connectivity index (χ1) is 5.69. The van der Waals surface area contributed by atoms with Crippen LogP contribution in [0.3, 0.4) is 0 Å². The smallest absolute Gasteiger partial charge is 0.167 e. The lowest BCUT2D eigenvalue weighted by molar-refractivity contribution is 0.385. The molecule has 0 saturated heterocycles. The Morgan fingerprint density at radius 3 is 2.67 bits per heavy atom. The predicted octanol–water partition coefficient (Wildman–Crippen LogP) is 2.14. The van der Waals surface area contributed by atoms with Gasteiger partial charge in [-0.15, -0.1) is 11.8 Å². The molecule has 2 nitrogen and oxygen atoms in total. The maximum Gasteiger partial charge on any atom is 0.167 e. The van der Waals surface area contributed by atoms with Crippen molar-refractivity contribution in [2.24, 2.45) is 0 Å². The highest BCUT2D eigenvalue weighted by atomic mass is 32.2. The summed E-state index contributed by atoms with van der Waals surface area (Å²) < 4.78 is 17.8. The molecule has 0 spiro atoms. The zero-order valence-corrected chi connectivity index (χ0v) is 7.74. The van der Waals surface area contributed by atoms with Gasteiger partial charge in [0.2, 0.25) is 0 Å². The van der Waals surface area contributed by atoms with Gasteiger partial charge in [-0.2, -0.15) is 0 Å². The van der Waals surface area contributed by atoms with E-state index in [4.69, 9.17) is 10.5 Å². The lowest BCUT2D eigenvalue weighted by Gasteiger charge is -2.06. The summed E-state index contributed by atoms with van der Waals surface area (Å²) in [6.45, 7) is 0. The van der Waals surface area contributed by atoms with Crippen LogP contribution >= 0.6 is 11.8 Å². The summed E-state index contributed by atoms with van der Waals surface area (Å²) in [5.41, 5.74) is 5.98. The SMILES string of the molecule is COc1cc(SC)c(N)cc1F. The van der Waals surface area contributed by atoms with Gasteiger partial charge in [0, 0.05) is 16.6 Å². The minimum Gasteiger partial charge on any atom is -0.494 e. The molecule has 0 aromatic heterocycles. The molecular formula is C8H10FNOS. The first kappa shape index (κ1) is 9.19. The number of rotatable bonds is 2. The lowest BCUT2D eigenvalue weighted by Crippen LogP contribution is -1.93. The van der Waals surface area contributed by atoms with Crippen LogP contribution in [0, 0.1) is 5.82 Å². The zero-order valence-electron chi connectivity index (χ0n) is 6.93. The Morgan fingerprint density at radius 2 is 2.17 bits per heavy atom. The van der Waals surface area contributed by atoms with Crippen molar-refractivity contribution in [3.8, 4) is 5.75 Å². The highest BCUT2D eigenvalue weighted by Crippen LogP contribution is 2.29. The van der Waals surface area contributed by atoms with Crippen LogP contribution in [-0.4, -0.2) is 13.4 Å². The monoisotopic (exact) mass is 187 g/mol.